The number of quaternary nitrogens is 1. The highest BCUT2D eigenvalue weighted by Crippen LogP contribution is 2.17. The first-order valence-electron chi connectivity index (χ1n) is 11.4. The molecular formula is C23H48NO2+. The molecule has 26 heavy (non-hydrogen) atoms. The molecule has 0 saturated heterocycles. The SMILES string of the molecule is CCCCCCCCCCCCCCCC[C@@H](C(=O)OCC)[N+](C)(C)C. The lowest BCUT2D eigenvalue weighted by molar-refractivity contribution is -0.887. The number of ether oxygens (including phenoxy) is 1. The van der Waals surface area contributed by atoms with Crippen LogP contribution in [0.3, 0.4) is 0 Å². The van der Waals surface area contributed by atoms with Crippen LogP contribution in [0.1, 0.15) is 110 Å². The molecule has 0 amide bonds. The van der Waals surface area contributed by atoms with Crippen molar-refractivity contribution in [1.29, 1.82) is 0 Å². The number of nitrogens with zero attached hydrogens (tertiary/aromatic N) is 1. The Kier molecular flexibility index (Phi) is 16.2. The van der Waals surface area contributed by atoms with E-state index in [-0.39, 0.29) is 12.0 Å². The molecule has 0 aliphatic rings. The number of unbranched alkanes of at least 4 members (excludes halogenated alkanes) is 13. The number of hydrogen-bond donors (Lipinski definition) is 0. The quantitative estimate of drug-likeness (QED) is 0.156. The van der Waals surface area contributed by atoms with Gasteiger partial charge in [-0.1, -0.05) is 90.4 Å². The van der Waals surface area contributed by atoms with E-state index in [9.17, 15) is 4.79 Å². The van der Waals surface area contributed by atoms with Crippen LogP contribution >= 0.6 is 0 Å². The van der Waals surface area contributed by atoms with Gasteiger partial charge in [-0.25, -0.2) is 4.79 Å². The molecule has 0 bridgehead atoms. The third-order valence-corrected chi connectivity index (χ3v) is 5.32. The van der Waals surface area contributed by atoms with Gasteiger partial charge in [-0.15, -0.1) is 0 Å². The van der Waals surface area contributed by atoms with Crippen molar-refractivity contribution in [3.05, 3.63) is 0 Å². The fourth-order valence-electron chi connectivity index (χ4n) is 3.59. The molecule has 0 aromatic rings. The Bertz CT molecular complexity index is 323. The molecule has 0 rings (SSSR count). The first-order chi connectivity index (χ1) is 12.4. The van der Waals surface area contributed by atoms with Crippen LogP contribution in [0.5, 0.6) is 0 Å². The zero-order valence-corrected chi connectivity index (χ0v) is 18.7. The molecule has 0 N–H and O–H groups in total. The van der Waals surface area contributed by atoms with Gasteiger partial charge in [-0.3, -0.25) is 0 Å². The maximum absolute atomic E-state index is 12.1. The van der Waals surface area contributed by atoms with Gasteiger partial charge in [0.25, 0.3) is 0 Å². The second kappa shape index (κ2) is 16.6. The molecule has 0 aromatic heterocycles. The first kappa shape index (κ1) is 25.4. The summed E-state index contributed by atoms with van der Waals surface area (Å²) >= 11 is 0. The van der Waals surface area contributed by atoms with Crippen LogP contribution in [0.2, 0.25) is 0 Å². The lowest BCUT2D eigenvalue weighted by Crippen LogP contribution is -2.50. The van der Waals surface area contributed by atoms with Crippen LogP contribution in [0.25, 0.3) is 0 Å². The minimum absolute atomic E-state index is 0.0210. The van der Waals surface area contributed by atoms with Gasteiger partial charge in [0.15, 0.2) is 6.04 Å². The fourth-order valence-corrected chi connectivity index (χ4v) is 3.59. The average Bonchev–Trinajstić information content (AvgIpc) is 2.57. The highest BCUT2D eigenvalue weighted by molar-refractivity contribution is 5.74. The van der Waals surface area contributed by atoms with E-state index in [1.165, 1.54) is 83.5 Å². The Morgan fingerprint density at radius 3 is 1.42 bits per heavy atom. The Balaban J connectivity index is 3.52. The molecule has 1 atom stereocenters. The second-order valence-electron chi connectivity index (χ2n) is 8.77. The van der Waals surface area contributed by atoms with Crippen molar-refractivity contribution in [2.45, 2.75) is 116 Å². The highest BCUT2D eigenvalue weighted by Gasteiger charge is 2.32. The zero-order valence-electron chi connectivity index (χ0n) is 18.7. The molecule has 156 valence electrons. The summed E-state index contributed by atoms with van der Waals surface area (Å²) in [4.78, 5) is 12.1. The summed E-state index contributed by atoms with van der Waals surface area (Å²) in [6, 6.07) is -0.0210. The number of hydrogen-bond acceptors (Lipinski definition) is 2. The second-order valence-corrected chi connectivity index (χ2v) is 8.77. The number of esters is 1. The number of carbonyl (C=O) groups is 1. The Morgan fingerprint density at radius 1 is 0.692 bits per heavy atom. The van der Waals surface area contributed by atoms with Gasteiger partial charge in [-0.05, 0) is 13.3 Å². The van der Waals surface area contributed by atoms with Crippen molar-refractivity contribution >= 4 is 5.97 Å². The van der Waals surface area contributed by atoms with Gasteiger partial charge in [0.2, 0.25) is 0 Å². The van der Waals surface area contributed by atoms with Crippen molar-refractivity contribution in [1.82, 2.24) is 0 Å². The summed E-state index contributed by atoms with van der Waals surface area (Å²) in [5, 5.41) is 0. The van der Waals surface area contributed by atoms with Crippen molar-refractivity contribution in [2.24, 2.45) is 0 Å². The van der Waals surface area contributed by atoms with Crippen molar-refractivity contribution < 1.29 is 14.0 Å². The predicted molar refractivity (Wildman–Crippen MR) is 113 cm³/mol. The van der Waals surface area contributed by atoms with E-state index in [0.717, 1.165) is 12.8 Å². The first-order valence-corrected chi connectivity index (χ1v) is 11.4. The molecule has 3 nitrogen and oxygen atoms in total. The summed E-state index contributed by atoms with van der Waals surface area (Å²) in [7, 11) is 6.27. The highest BCUT2D eigenvalue weighted by atomic mass is 16.5. The van der Waals surface area contributed by atoms with Gasteiger partial charge in [0, 0.05) is 6.42 Å². The van der Waals surface area contributed by atoms with Crippen molar-refractivity contribution in [3.8, 4) is 0 Å². The zero-order chi connectivity index (χ0) is 19.7. The monoisotopic (exact) mass is 370 g/mol. The van der Waals surface area contributed by atoms with Crippen LogP contribution in [0, 0.1) is 0 Å². The molecule has 0 saturated carbocycles. The normalized spacial score (nSPS) is 13.0. The van der Waals surface area contributed by atoms with Crippen LogP contribution in [-0.2, 0) is 9.53 Å². The van der Waals surface area contributed by atoms with E-state index in [2.05, 4.69) is 28.1 Å². The van der Waals surface area contributed by atoms with Crippen molar-refractivity contribution in [3.63, 3.8) is 0 Å². The minimum Gasteiger partial charge on any atom is -0.462 e. The van der Waals surface area contributed by atoms with Crippen LogP contribution in [0.4, 0.5) is 0 Å². The van der Waals surface area contributed by atoms with Crippen LogP contribution in [0.15, 0.2) is 0 Å². The topological polar surface area (TPSA) is 26.3 Å². The molecular weight excluding hydrogens is 322 g/mol. The molecule has 0 fully saturated rings. The van der Waals surface area contributed by atoms with E-state index in [1.54, 1.807) is 0 Å². The van der Waals surface area contributed by atoms with E-state index in [0.29, 0.717) is 11.1 Å². The fraction of sp³-hybridized carbons (Fsp3) is 0.957. The number of rotatable bonds is 18. The number of likely N-dealkylation sites (N-methyl/N-ethyl adjacent to an activating group) is 1. The summed E-state index contributed by atoms with van der Waals surface area (Å²) < 4.78 is 5.91. The van der Waals surface area contributed by atoms with Crippen LogP contribution in [-0.4, -0.2) is 44.2 Å². The minimum atomic E-state index is -0.0327. The molecule has 3 heteroatoms. The van der Waals surface area contributed by atoms with E-state index in [4.69, 9.17) is 4.74 Å². The molecule has 0 heterocycles. The van der Waals surface area contributed by atoms with Gasteiger partial charge in [0.1, 0.15) is 0 Å². The Morgan fingerprint density at radius 2 is 1.08 bits per heavy atom. The lowest BCUT2D eigenvalue weighted by Gasteiger charge is -2.32. The Labute approximate surface area is 164 Å². The maximum Gasteiger partial charge on any atom is 0.364 e. The predicted octanol–water partition coefficient (Wildman–Crippen LogP) is 6.50. The summed E-state index contributed by atoms with van der Waals surface area (Å²) in [5.74, 6) is -0.0327. The van der Waals surface area contributed by atoms with Gasteiger partial charge < -0.3 is 9.22 Å². The average molecular weight is 371 g/mol. The molecule has 0 aliphatic heterocycles. The standard InChI is InChI=1S/C23H48NO2/c1-6-8-9-10-11-12-13-14-15-16-17-18-19-20-21-22(24(3,4)5)23(25)26-7-2/h22H,6-21H2,1-5H3/q+1/t22-/m0/s1. The molecule has 0 aromatic carbocycles. The smallest absolute Gasteiger partial charge is 0.364 e. The summed E-state index contributed by atoms with van der Waals surface area (Å²) in [5.41, 5.74) is 0. The lowest BCUT2D eigenvalue weighted by atomic mass is 10.0. The third-order valence-electron chi connectivity index (χ3n) is 5.32. The summed E-state index contributed by atoms with van der Waals surface area (Å²) in [6.45, 7) is 4.65. The van der Waals surface area contributed by atoms with Gasteiger partial charge in [-0.2, -0.15) is 0 Å². The van der Waals surface area contributed by atoms with E-state index >= 15 is 0 Å². The third kappa shape index (κ3) is 14.6. The Hall–Kier alpha value is -0.570. The molecule has 0 unspecified atom stereocenters. The van der Waals surface area contributed by atoms with Crippen molar-refractivity contribution in [2.75, 3.05) is 27.7 Å². The number of carbonyl (C=O) groups excluding carboxylic acids is 1. The van der Waals surface area contributed by atoms with E-state index < -0.39 is 0 Å². The molecule has 0 spiro atoms. The maximum atomic E-state index is 12.1. The summed E-state index contributed by atoms with van der Waals surface area (Å²) in [6.07, 6.45) is 20.1. The van der Waals surface area contributed by atoms with Gasteiger partial charge >= 0.3 is 5.97 Å². The van der Waals surface area contributed by atoms with E-state index in [1.807, 2.05) is 6.92 Å². The molecule has 0 aliphatic carbocycles. The molecule has 0 radical (unpaired) electrons. The largest absolute Gasteiger partial charge is 0.462 e. The van der Waals surface area contributed by atoms with Crippen LogP contribution < -0.4 is 0 Å². The van der Waals surface area contributed by atoms with Gasteiger partial charge in [0.05, 0.1) is 27.7 Å².